The minimum atomic E-state index is -3.45. The van der Waals surface area contributed by atoms with E-state index < -0.39 is 10.0 Å². The highest BCUT2D eigenvalue weighted by Crippen LogP contribution is 2.14. The summed E-state index contributed by atoms with van der Waals surface area (Å²) in [6.07, 6.45) is 2.27. The van der Waals surface area contributed by atoms with Gasteiger partial charge in [-0.15, -0.1) is 11.8 Å². The highest BCUT2D eigenvalue weighted by molar-refractivity contribution is 7.98. The maximum absolute atomic E-state index is 11.7. The SMILES string of the molecule is CSc1ccc(C(=O)NCCCS(N)(=O)=O)cc1. The number of primary sulfonamides is 1. The number of carbonyl (C=O) groups excluding carboxylic acids is 1. The summed E-state index contributed by atoms with van der Waals surface area (Å²) >= 11 is 1.60. The van der Waals surface area contributed by atoms with Gasteiger partial charge in [0, 0.05) is 17.0 Å². The first-order valence-electron chi connectivity index (χ1n) is 5.35. The van der Waals surface area contributed by atoms with Gasteiger partial charge in [0.2, 0.25) is 10.0 Å². The zero-order valence-corrected chi connectivity index (χ0v) is 11.7. The van der Waals surface area contributed by atoms with Gasteiger partial charge in [0.05, 0.1) is 5.75 Å². The monoisotopic (exact) mass is 288 g/mol. The molecule has 3 N–H and O–H groups in total. The molecule has 0 aliphatic heterocycles. The second-order valence-corrected chi connectivity index (χ2v) is 6.32. The first-order chi connectivity index (χ1) is 8.42. The van der Waals surface area contributed by atoms with E-state index in [9.17, 15) is 13.2 Å². The van der Waals surface area contributed by atoms with Gasteiger partial charge in [-0.25, -0.2) is 13.6 Å². The Balaban J connectivity index is 2.40. The van der Waals surface area contributed by atoms with E-state index in [2.05, 4.69) is 5.32 Å². The minimum Gasteiger partial charge on any atom is -0.352 e. The van der Waals surface area contributed by atoms with Crippen molar-refractivity contribution in [2.75, 3.05) is 18.6 Å². The number of hydrogen-bond donors (Lipinski definition) is 2. The van der Waals surface area contributed by atoms with E-state index in [1.165, 1.54) is 0 Å². The molecular weight excluding hydrogens is 272 g/mol. The maximum atomic E-state index is 11.7. The van der Waals surface area contributed by atoms with Gasteiger partial charge in [0.25, 0.3) is 5.91 Å². The molecule has 1 amide bonds. The van der Waals surface area contributed by atoms with Gasteiger partial charge in [0.15, 0.2) is 0 Å². The Bertz CT molecular complexity index is 498. The molecule has 5 nitrogen and oxygen atoms in total. The van der Waals surface area contributed by atoms with Crippen molar-refractivity contribution in [1.82, 2.24) is 5.32 Å². The molecule has 100 valence electrons. The molecular formula is C11H16N2O3S2. The van der Waals surface area contributed by atoms with Crippen molar-refractivity contribution in [3.63, 3.8) is 0 Å². The Labute approximate surface area is 111 Å². The molecule has 18 heavy (non-hydrogen) atoms. The van der Waals surface area contributed by atoms with Crippen LogP contribution in [-0.4, -0.2) is 32.9 Å². The molecule has 0 unspecified atom stereocenters. The summed E-state index contributed by atoms with van der Waals surface area (Å²) in [5.74, 6) is -0.337. The number of carbonyl (C=O) groups is 1. The average molecular weight is 288 g/mol. The van der Waals surface area contributed by atoms with E-state index >= 15 is 0 Å². The molecule has 0 saturated carbocycles. The summed E-state index contributed by atoms with van der Waals surface area (Å²) in [6.45, 7) is 0.291. The Hall–Kier alpha value is -1.05. The van der Waals surface area contributed by atoms with E-state index in [1.807, 2.05) is 18.4 Å². The summed E-state index contributed by atoms with van der Waals surface area (Å²) in [4.78, 5) is 12.8. The lowest BCUT2D eigenvalue weighted by Crippen LogP contribution is -2.27. The van der Waals surface area contributed by atoms with Crippen molar-refractivity contribution in [2.45, 2.75) is 11.3 Å². The van der Waals surface area contributed by atoms with Crippen LogP contribution < -0.4 is 10.5 Å². The molecule has 0 spiro atoms. The molecule has 1 rings (SSSR count). The number of sulfonamides is 1. The van der Waals surface area contributed by atoms with Crippen molar-refractivity contribution >= 4 is 27.7 Å². The smallest absolute Gasteiger partial charge is 0.251 e. The van der Waals surface area contributed by atoms with Crippen LogP contribution in [0.2, 0.25) is 0 Å². The van der Waals surface area contributed by atoms with Gasteiger partial charge < -0.3 is 5.32 Å². The van der Waals surface area contributed by atoms with Crippen molar-refractivity contribution in [2.24, 2.45) is 5.14 Å². The third kappa shape index (κ3) is 5.52. The molecule has 0 atom stereocenters. The van der Waals surface area contributed by atoms with Crippen LogP contribution in [0.5, 0.6) is 0 Å². The zero-order valence-electron chi connectivity index (χ0n) is 10.0. The second-order valence-electron chi connectivity index (χ2n) is 3.70. The molecule has 7 heteroatoms. The van der Waals surface area contributed by atoms with Crippen molar-refractivity contribution in [3.8, 4) is 0 Å². The normalized spacial score (nSPS) is 11.2. The van der Waals surface area contributed by atoms with Crippen molar-refractivity contribution < 1.29 is 13.2 Å². The van der Waals surface area contributed by atoms with Crippen LogP contribution in [0.3, 0.4) is 0 Å². The summed E-state index contributed by atoms with van der Waals surface area (Å²) in [5, 5.41) is 7.50. The van der Waals surface area contributed by atoms with E-state index in [0.29, 0.717) is 18.5 Å². The predicted octanol–water partition coefficient (Wildman–Crippen LogP) is 0.817. The molecule has 0 aliphatic carbocycles. The molecule has 0 fully saturated rings. The highest BCUT2D eigenvalue weighted by atomic mass is 32.2. The van der Waals surface area contributed by atoms with Crippen LogP contribution in [0.25, 0.3) is 0 Å². The number of nitrogens with two attached hydrogens (primary N) is 1. The van der Waals surface area contributed by atoms with Crippen molar-refractivity contribution in [3.05, 3.63) is 29.8 Å². The fourth-order valence-corrected chi connectivity index (χ4v) is 2.27. The molecule has 0 aliphatic rings. The predicted molar refractivity (Wildman–Crippen MR) is 73.1 cm³/mol. The van der Waals surface area contributed by atoms with Crippen LogP contribution >= 0.6 is 11.8 Å². The fourth-order valence-electron chi connectivity index (χ4n) is 1.32. The number of thioether (sulfide) groups is 1. The molecule has 1 aromatic carbocycles. The lowest BCUT2D eigenvalue weighted by atomic mass is 10.2. The van der Waals surface area contributed by atoms with Crippen LogP contribution in [-0.2, 0) is 10.0 Å². The molecule has 0 bridgehead atoms. The van der Waals surface area contributed by atoms with Gasteiger partial charge >= 0.3 is 0 Å². The Morgan fingerprint density at radius 2 is 1.94 bits per heavy atom. The Morgan fingerprint density at radius 1 is 1.33 bits per heavy atom. The molecule has 1 aromatic rings. The van der Waals surface area contributed by atoms with Crippen LogP contribution in [0.15, 0.2) is 29.2 Å². The van der Waals surface area contributed by atoms with Gasteiger partial charge in [-0.2, -0.15) is 0 Å². The average Bonchev–Trinajstić information content (AvgIpc) is 2.33. The van der Waals surface area contributed by atoms with E-state index in [4.69, 9.17) is 5.14 Å². The van der Waals surface area contributed by atoms with Crippen LogP contribution in [0, 0.1) is 0 Å². The van der Waals surface area contributed by atoms with E-state index in [-0.39, 0.29) is 11.7 Å². The Kier molecular flexibility index (Phi) is 5.64. The third-order valence-electron chi connectivity index (χ3n) is 2.24. The lowest BCUT2D eigenvalue weighted by molar-refractivity contribution is 0.0953. The summed E-state index contributed by atoms with van der Waals surface area (Å²) in [5.41, 5.74) is 0.559. The second kappa shape index (κ2) is 6.77. The first kappa shape index (κ1) is 15.0. The largest absolute Gasteiger partial charge is 0.352 e. The van der Waals surface area contributed by atoms with Gasteiger partial charge in [0.1, 0.15) is 0 Å². The lowest BCUT2D eigenvalue weighted by Gasteiger charge is -2.05. The fraction of sp³-hybridized carbons (Fsp3) is 0.364. The maximum Gasteiger partial charge on any atom is 0.251 e. The highest BCUT2D eigenvalue weighted by Gasteiger charge is 2.06. The molecule has 0 aromatic heterocycles. The summed E-state index contributed by atoms with van der Waals surface area (Å²) < 4.78 is 21.4. The number of rotatable bonds is 6. The van der Waals surface area contributed by atoms with Gasteiger partial charge in [-0.1, -0.05) is 0 Å². The molecule has 0 heterocycles. The topological polar surface area (TPSA) is 89.3 Å². The Morgan fingerprint density at radius 3 is 2.44 bits per heavy atom. The number of hydrogen-bond acceptors (Lipinski definition) is 4. The molecule has 0 saturated heterocycles. The third-order valence-corrected chi connectivity index (χ3v) is 3.84. The summed E-state index contributed by atoms with van der Waals surface area (Å²) in [6, 6.07) is 7.20. The van der Waals surface area contributed by atoms with E-state index in [1.54, 1.807) is 23.9 Å². The van der Waals surface area contributed by atoms with Gasteiger partial charge in [-0.05, 0) is 36.9 Å². The van der Waals surface area contributed by atoms with Crippen LogP contribution in [0.1, 0.15) is 16.8 Å². The number of nitrogens with one attached hydrogen (secondary N) is 1. The molecule has 0 radical (unpaired) electrons. The number of amides is 1. The zero-order chi connectivity index (χ0) is 13.6. The minimum absolute atomic E-state index is 0.126. The van der Waals surface area contributed by atoms with E-state index in [0.717, 1.165) is 4.90 Å². The standard InChI is InChI=1S/C11H16N2O3S2/c1-17-10-5-3-9(4-6-10)11(14)13-7-2-8-18(12,15)16/h3-6H,2,7-8H2,1H3,(H,13,14)(H2,12,15,16). The summed E-state index contributed by atoms with van der Waals surface area (Å²) in [7, 11) is -3.45. The number of benzene rings is 1. The quantitative estimate of drug-likeness (QED) is 0.599. The first-order valence-corrected chi connectivity index (χ1v) is 8.29. The van der Waals surface area contributed by atoms with Crippen LogP contribution in [0.4, 0.5) is 0 Å². The van der Waals surface area contributed by atoms with Gasteiger partial charge in [-0.3, -0.25) is 4.79 Å². The van der Waals surface area contributed by atoms with Crippen molar-refractivity contribution in [1.29, 1.82) is 0 Å².